The van der Waals surface area contributed by atoms with Gasteiger partial charge in [-0.1, -0.05) is 24.3 Å². The first-order chi connectivity index (χ1) is 11.4. The number of carboxylic acids is 2. The molecule has 0 aliphatic rings. The van der Waals surface area contributed by atoms with E-state index in [4.69, 9.17) is 0 Å². The van der Waals surface area contributed by atoms with Gasteiger partial charge in [-0.2, -0.15) is 0 Å². The predicted octanol–water partition coefficient (Wildman–Crippen LogP) is 1.46. The Bertz CT molecular complexity index is 786. The number of carboxylic acid groups (broad SMARTS) is 2. The first-order valence-electron chi connectivity index (χ1n) is 6.60. The number of phenolic OH excluding ortho intramolecular Hbond substituents is 2. The Kier molecular flexibility index (Phi) is 4.90. The van der Waals surface area contributed by atoms with E-state index in [0.29, 0.717) is 0 Å². The van der Waals surface area contributed by atoms with Gasteiger partial charge in [-0.15, -0.1) is 10.2 Å². The minimum atomic E-state index is -1.50. The molecule has 0 unspecified atom stereocenters. The molecule has 0 bridgehead atoms. The smallest absolute Gasteiger partial charge is 0.357 e. The first kappa shape index (κ1) is 16.7. The molecule has 24 heavy (non-hydrogen) atoms. The van der Waals surface area contributed by atoms with Crippen LogP contribution in [0.2, 0.25) is 0 Å². The summed E-state index contributed by atoms with van der Waals surface area (Å²) in [5, 5.41) is 44.8. The average Bonchev–Trinajstić information content (AvgIpc) is 2.53. The van der Waals surface area contributed by atoms with E-state index in [2.05, 4.69) is 10.2 Å². The maximum absolute atomic E-state index is 11.3. The second kappa shape index (κ2) is 7.05. The van der Waals surface area contributed by atoms with Crippen LogP contribution in [0.5, 0.6) is 11.5 Å². The minimum absolute atomic E-state index is 0.115. The van der Waals surface area contributed by atoms with E-state index in [0.717, 1.165) is 0 Å². The molecule has 0 aliphatic carbocycles. The number of phenols is 2. The molecule has 8 heteroatoms. The molecule has 0 spiro atoms. The van der Waals surface area contributed by atoms with Gasteiger partial charge in [0.1, 0.15) is 11.5 Å². The van der Waals surface area contributed by atoms with Gasteiger partial charge >= 0.3 is 11.9 Å². The summed E-state index contributed by atoms with van der Waals surface area (Å²) in [4.78, 5) is 22.7. The van der Waals surface area contributed by atoms with E-state index in [1.54, 1.807) is 0 Å². The molecule has 4 N–H and O–H groups in total. The van der Waals surface area contributed by atoms with Crippen LogP contribution in [0.1, 0.15) is 11.1 Å². The zero-order chi connectivity index (χ0) is 17.7. The van der Waals surface area contributed by atoms with E-state index in [1.807, 2.05) is 0 Å². The summed E-state index contributed by atoms with van der Waals surface area (Å²) in [5.74, 6) is -3.67. The lowest BCUT2D eigenvalue weighted by atomic mass is 10.1. The van der Waals surface area contributed by atoms with Crippen LogP contribution < -0.4 is 0 Å². The maximum Gasteiger partial charge on any atom is 0.357 e. The third-order valence-electron chi connectivity index (χ3n) is 2.97. The number of benzene rings is 2. The summed E-state index contributed by atoms with van der Waals surface area (Å²) in [5.41, 5.74) is -1.50. The Morgan fingerprint density at radius 3 is 1.29 bits per heavy atom. The standard InChI is InChI=1S/C16H12N2O6/c19-11-7-3-1-5-9(11)13(15(21)22)17-18-14(16(23)24)10-6-2-4-8-12(10)20/h1-8,19-20H,(H,21,22)(H,23,24). The first-order valence-corrected chi connectivity index (χ1v) is 6.60. The number of hydrogen-bond acceptors (Lipinski definition) is 6. The normalized spacial score (nSPS) is 12.0. The second-order valence-corrected chi connectivity index (χ2v) is 4.54. The molecule has 8 nitrogen and oxygen atoms in total. The van der Waals surface area contributed by atoms with Crippen molar-refractivity contribution >= 4 is 23.4 Å². The molecule has 122 valence electrons. The van der Waals surface area contributed by atoms with Crippen LogP contribution in [-0.4, -0.2) is 43.8 Å². The fourth-order valence-electron chi connectivity index (χ4n) is 1.87. The number of hydrogen-bond donors (Lipinski definition) is 4. The van der Waals surface area contributed by atoms with Crippen LogP contribution in [0.4, 0.5) is 0 Å². The van der Waals surface area contributed by atoms with Gasteiger partial charge in [0.05, 0.1) is 11.1 Å². The van der Waals surface area contributed by atoms with E-state index < -0.39 is 23.4 Å². The Hall–Kier alpha value is -3.68. The number of rotatable bonds is 5. The van der Waals surface area contributed by atoms with Crippen molar-refractivity contribution in [2.45, 2.75) is 0 Å². The van der Waals surface area contributed by atoms with Crippen molar-refractivity contribution in [1.29, 1.82) is 0 Å². The van der Waals surface area contributed by atoms with Crippen molar-refractivity contribution in [3.63, 3.8) is 0 Å². The quantitative estimate of drug-likeness (QED) is 0.484. The molecule has 2 aromatic rings. The molecule has 0 aromatic heterocycles. The molecule has 2 aromatic carbocycles. The summed E-state index contributed by atoms with van der Waals surface area (Å²) in [6.07, 6.45) is 0. The lowest BCUT2D eigenvalue weighted by molar-refractivity contribution is -0.130. The summed E-state index contributed by atoms with van der Waals surface area (Å²) < 4.78 is 0. The van der Waals surface area contributed by atoms with Gasteiger partial charge in [0.2, 0.25) is 0 Å². The van der Waals surface area contributed by atoms with Crippen LogP contribution in [-0.2, 0) is 9.59 Å². The highest BCUT2D eigenvalue weighted by Gasteiger charge is 2.19. The Balaban J connectivity index is 2.58. The Morgan fingerprint density at radius 2 is 1.00 bits per heavy atom. The highest BCUT2D eigenvalue weighted by molar-refractivity contribution is 6.45. The van der Waals surface area contributed by atoms with Gasteiger partial charge < -0.3 is 20.4 Å². The highest BCUT2D eigenvalue weighted by Crippen LogP contribution is 2.19. The molecule has 0 saturated carbocycles. The van der Waals surface area contributed by atoms with Gasteiger partial charge in [-0.05, 0) is 24.3 Å². The zero-order valence-electron chi connectivity index (χ0n) is 12.1. The fraction of sp³-hybridized carbons (Fsp3) is 0. The van der Waals surface area contributed by atoms with E-state index in [1.165, 1.54) is 48.5 Å². The van der Waals surface area contributed by atoms with E-state index >= 15 is 0 Å². The van der Waals surface area contributed by atoms with E-state index in [-0.39, 0.29) is 22.6 Å². The molecule has 0 saturated heterocycles. The van der Waals surface area contributed by atoms with Crippen LogP contribution in [0.3, 0.4) is 0 Å². The van der Waals surface area contributed by atoms with Crippen LogP contribution >= 0.6 is 0 Å². The largest absolute Gasteiger partial charge is 0.507 e. The molecule has 0 aliphatic heterocycles. The third kappa shape index (κ3) is 3.55. The van der Waals surface area contributed by atoms with Gasteiger partial charge in [0, 0.05) is 0 Å². The summed E-state index contributed by atoms with van der Waals surface area (Å²) in [7, 11) is 0. The molecule has 2 rings (SSSR count). The Labute approximate surface area is 135 Å². The molecule has 0 amide bonds. The predicted molar refractivity (Wildman–Crippen MR) is 84.6 cm³/mol. The average molecular weight is 328 g/mol. The molecule has 0 heterocycles. The van der Waals surface area contributed by atoms with E-state index in [9.17, 15) is 30.0 Å². The summed E-state index contributed by atoms with van der Waals surface area (Å²) in [6, 6.07) is 11.1. The van der Waals surface area contributed by atoms with Crippen molar-refractivity contribution in [2.24, 2.45) is 10.2 Å². The van der Waals surface area contributed by atoms with Gasteiger partial charge in [-0.3, -0.25) is 0 Å². The van der Waals surface area contributed by atoms with Gasteiger partial charge in [0.25, 0.3) is 0 Å². The molecule has 0 radical (unpaired) electrons. The van der Waals surface area contributed by atoms with Gasteiger partial charge in [0.15, 0.2) is 11.4 Å². The number of carbonyl (C=O) groups is 2. The van der Waals surface area contributed by atoms with Crippen molar-refractivity contribution < 1.29 is 30.0 Å². The molecular weight excluding hydrogens is 316 g/mol. The maximum atomic E-state index is 11.3. The monoisotopic (exact) mass is 328 g/mol. The van der Waals surface area contributed by atoms with Gasteiger partial charge in [-0.25, -0.2) is 9.59 Å². The van der Waals surface area contributed by atoms with Crippen molar-refractivity contribution in [1.82, 2.24) is 0 Å². The highest BCUT2D eigenvalue weighted by atomic mass is 16.4. The lowest BCUT2D eigenvalue weighted by Gasteiger charge is -2.04. The van der Waals surface area contributed by atoms with Crippen LogP contribution in [0.15, 0.2) is 58.7 Å². The second-order valence-electron chi connectivity index (χ2n) is 4.54. The SMILES string of the molecule is O=C(O)C(=NN=C(C(=O)O)c1ccccc1O)c1ccccc1O. The number of para-hydroxylation sites is 2. The van der Waals surface area contributed by atoms with Crippen molar-refractivity contribution in [3.8, 4) is 11.5 Å². The lowest BCUT2D eigenvalue weighted by Crippen LogP contribution is -2.17. The molecule has 0 fully saturated rings. The fourth-order valence-corrected chi connectivity index (χ4v) is 1.87. The summed E-state index contributed by atoms with van der Waals surface area (Å²) in [6.45, 7) is 0. The van der Waals surface area contributed by atoms with Crippen LogP contribution in [0, 0.1) is 0 Å². The van der Waals surface area contributed by atoms with Crippen molar-refractivity contribution in [3.05, 3.63) is 59.7 Å². The minimum Gasteiger partial charge on any atom is -0.507 e. The van der Waals surface area contributed by atoms with Crippen molar-refractivity contribution in [2.75, 3.05) is 0 Å². The molecular formula is C16H12N2O6. The zero-order valence-corrected chi connectivity index (χ0v) is 12.1. The topological polar surface area (TPSA) is 140 Å². The molecule has 0 atom stereocenters. The number of aliphatic carboxylic acids is 2. The van der Waals surface area contributed by atoms with Crippen LogP contribution in [0.25, 0.3) is 0 Å². The number of nitrogens with zero attached hydrogens (tertiary/aromatic N) is 2. The number of aromatic hydroxyl groups is 2. The summed E-state index contributed by atoms with van der Waals surface area (Å²) >= 11 is 0. The third-order valence-corrected chi connectivity index (χ3v) is 2.97. The Morgan fingerprint density at radius 1 is 0.667 bits per heavy atom.